The lowest BCUT2D eigenvalue weighted by Gasteiger charge is -2.24. The third kappa shape index (κ3) is 3.05. The molecule has 2 aromatic rings. The lowest BCUT2D eigenvalue weighted by molar-refractivity contribution is -0.129. The Kier molecular flexibility index (Phi) is 4.15. The molecule has 5 nitrogen and oxygen atoms in total. The molecule has 2 aliphatic rings. The zero-order chi connectivity index (χ0) is 18.3. The van der Waals surface area contributed by atoms with Crippen LogP contribution in [0.5, 0.6) is 5.75 Å². The first-order valence-electron chi connectivity index (χ1n) is 8.98. The van der Waals surface area contributed by atoms with Crippen molar-refractivity contribution in [2.75, 3.05) is 6.54 Å². The van der Waals surface area contributed by atoms with Crippen LogP contribution in [0.3, 0.4) is 0 Å². The van der Waals surface area contributed by atoms with Gasteiger partial charge in [-0.3, -0.25) is 9.59 Å². The summed E-state index contributed by atoms with van der Waals surface area (Å²) < 4.78 is 0. The molecule has 1 heterocycles. The number of carbonyl (C=O) groups excluding carboxylic acids is 2. The molecule has 1 fully saturated rings. The molecule has 26 heavy (non-hydrogen) atoms. The number of nitrogens with one attached hydrogen (secondary N) is 1. The largest absolute Gasteiger partial charge is 0.507 e. The van der Waals surface area contributed by atoms with Gasteiger partial charge in [-0.2, -0.15) is 0 Å². The summed E-state index contributed by atoms with van der Waals surface area (Å²) in [4.78, 5) is 26.8. The molecule has 2 amide bonds. The minimum Gasteiger partial charge on any atom is -0.507 e. The second-order valence-electron chi connectivity index (χ2n) is 7.27. The predicted molar refractivity (Wildman–Crippen MR) is 98.1 cm³/mol. The maximum atomic E-state index is 12.5. The van der Waals surface area contributed by atoms with E-state index in [2.05, 4.69) is 17.4 Å². The topological polar surface area (TPSA) is 69.6 Å². The number of aromatic hydroxyl groups is 1. The molecular weight excluding hydrogens is 328 g/mol. The van der Waals surface area contributed by atoms with Gasteiger partial charge in [0, 0.05) is 19.0 Å². The quantitative estimate of drug-likeness (QED) is 0.892. The highest BCUT2D eigenvalue weighted by atomic mass is 16.3. The van der Waals surface area contributed by atoms with Gasteiger partial charge in [-0.05, 0) is 48.6 Å². The highest BCUT2D eigenvalue weighted by molar-refractivity contribution is 5.97. The van der Waals surface area contributed by atoms with Crippen molar-refractivity contribution in [2.45, 2.75) is 38.3 Å². The van der Waals surface area contributed by atoms with E-state index in [-0.39, 0.29) is 35.2 Å². The zero-order valence-corrected chi connectivity index (χ0v) is 14.7. The Morgan fingerprint density at radius 2 is 1.81 bits per heavy atom. The smallest absolute Gasteiger partial charge is 0.255 e. The summed E-state index contributed by atoms with van der Waals surface area (Å²) in [7, 11) is 0. The van der Waals surface area contributed by atoms with Crippen LogP contribution in [0, 0.1) is 6.92 Å². The number of carbonyl (C=O) groups is 2. The van der Waals surface area contributed by atoms with Gasteiger partial charge in [0.1, 0.15) is 5.75 Å². The lowest BCUT2D eigenvalue weighted by Crippen LogP contribution is -2.41. The number of nitrogens with zero attached hydrogens (tertiary/aromatic N) is 1. The minimum atomic E-state index is -0.336. The van der Waals surface area contributed by atoms with Gasteiger partial charge in [0.15, 0.2) is 0 Å². The molecule has 1 saturated heterocycles. The maximum Gasteiger partial charge on any atom is 0.255 e. The fourth-order valence-corrected chi connectivity index (χ4v) is 4.03. The molecule has 4 rings (SSSR count). The monoisotopic (exact) mass is 350 g/mol. The number of hydrogen-bond acceptors (Lipinski definition) is 3. The van der Waals surface area contributed by atoms with Crippen LogP contribution in [0.25, 0.3) is 0 Å². The fourth-order valence-electron chi connectivity index (χ4n) is 4.03. The summed E-state index contributed by atoms with van der Waals surface area (Å²) in [5.41, 5.74) is 3.75. The number of rotatable bonds is 3. The van der Waals surface area contributed by atoms with Crippen molar-refractivity contribution in [2.24, 2.45) is 0 Å². The van der Waals surface area contributed by atoms with Crippen LogP contribution in [0.1, 0.15) is 33.5 Å². The molecule has 0 unspecified atom stereocenters. The first-order valence-corrected chi connectivity index (χ1v) is 8.98. The molecule has 0 spiro atoms. The Bertz CT molecular complexity index is 852. The van der Waals surface area contributed by atoms with Crippen LogP contribution in [-0.2, 0) is 17.6 Å². The van der Waals surface area contributed by atoms with Crippen LogP contribution in [0.4, 0.5) is 0 Å². The first-order chi connectivity index (χ1) is 12.5. The van der Waals surface area contributed by atoms with Crippen molar-refractivity contribution in [3.63, 3.8) is 0 Å². The zero-order valence-electron chi connectivity index (χ0n) is 14.7. The van der Waals surface area contributed by atoms with Crippen LogP contribution in [0.2, 0.25) is 0 Å². The summed E-state index contributed by atoms with van der Waals surface area (Å²) in [5, 5.41) is 12.9. The Morgan fingerprint density at radius 3 is 2.46 bits per heavy atom. The van der Waals surface area contributed by atoms with E-state index in [9.17, 15) is 14.7 Å². The van der Waals surface area contributed by atoms with Crippen LogP contribution in [0.15, 0.2) is 42.5 Å². The summed E-state index contributed by atoms with van der Waals surface area (Å²) in [5.74, 6) is -0.284. The molecule has 0 bridgehead atoms. The second kappa shape index (κ2) is 6.48. The van der Waals surface area contributed by atoms with Crippen LogP contribution in [-0.4, -0.2) is 40.4 Å². The minimum absolute atomic E-state index is 0.0325. The molecule has 0 saturated carbocycles. The molecule has 2 aromatic carbocycles. The number of amides is 2. The molecule has 1 aliphatic heterocycles. The second-order valence-corrected chi connectivity index (χ2v) is 7.27. The Balaban J connectivity index is 1.41. The van der Waals surface area contributed by atoms with E-state index in [0.717, 1.165) is 18.4 Å². The summed E-state index contributed by atoms with van der Waals surface area (Å²) >= 11 is 0. The van der Waals surface area contributed by atoms with Crippen molar-refractivity contribution in [3.8, 4) is 5.75 Å². The average molecular weight is 350 g/mol. The molecule has 5 heteroatoms. The Morgan fingerprint density at radius 1 is 1.12 bits per heavy atom. The molecule has 134 valence electrons. The van der Waals surface area contributed by atoms with Crippen molar-refractivity contribution in [3.05, 3.63) is 64.7 Å². The summed E-state index contributed by atoms with van der Waals surface area (Å²) in [6.45, 7) is 2.38. The third-order valence-corrected chi connectivity index (χ3v) is 5.36. The predicted octanol–water partition coefficient (Wildman–Crippen LogP) is 2.20. The van der Waals surface area contributed by atoms with Gasteiger partial charge in [0.2, 0.25) is 5.91 Å². The SMILES string of the molecule is Cc1ccc(C(=O)N[C@@H]2CC(=O)N(C3Cc4ccccc4C3)C2)c(O)c1. The van der Waals surface area contributed by atoms with E-state index in [4.69, 9.17) is 0 Å². The molecular formula is C21H22N2O3. The van der Waals surface area contributed by atoms with Crippen LogP contribution < -0.4 is 5.32 Å². The number of phenols is 1. The van der Waals surface area contributed by atoms with Crippen molar-refractivity contribution < 1.29 is 14.7 Å². The molecule has 2 N–H and O–H groups in total. The summed E-state index contributed by atoms with van der Waals surface area (Å²) in [6.07, 6.45) is 2.06. The molecule has 1 aliphatic carbocycles. The Hall–Kier alpha value is -2.82. The van der Waals surface area contributed by atoms with E-state index in [1.165, 1.54) is 11.1 Å². The Labute approximate surface area is 152 Å². The number of benzene rings is 2. The first kappa shape index (κ1) is 16.6. The van der Waals surface area contributed by atoms with E-state index in [1.54, 1.807) is 18.2 Å². The van der Waals surface area contributed by atoms with Crippen molar-refractivity contribution in [1.82, 2.24) is 10.2 Å². The van der Waals surface area contributed by atoms with Gasteiger partial charge in [0.25, 0.3) is 5.91 Å². The van der Waals surface area contributed by atoms with Gasteiger partial charge >= 0.3 is 0 Å². The average Bonchev–Trinajstić information content (AvgIpc) is 3.17. The standard InChI is InChI=1S/C21H22N2O3/c1-13-6-7-18(19(24)8-13)21(26)22-16-11-20(25)23(12-16)17-9-14-4-2-3-5-15(14)10-17/h2-8,16-17,24H,9-12H2,1H3,(H,22,26)/t16-/m1/s1. The highest BCUT2D eigenvalue weighted by Gasteiger charge is 2.37. The maximum absolute atomic E-state index is 12.5. The number of hydrogen-bond donors (Lipinski definition) is 2. The van der Waals surface area contributed by atoms with Crippen molar-refractivity contribution in [1.29, 1.82) is 0 Å². The van der Waals surface area contributed by atoms with Gasteiger partial charge in [0.05, 0.1) is 11.6 Å². The highest BCUT2D eigenvalue weighted by Crippen LogP contribution is 2.28. The number of aryl methyl sites for hydroxylation is 1. The van der Waals surface area contributed by atoms with E-state index < -0.39 is 0 Å². The van der Waals surface area contributed by atoms with Crippen molar-refractivity contribution >= 4 is 11.8 Å². The number of fused-ring (bicyclic) bond motifs is 1. The summed E-state index contributed by atoms with van der Waals surface area (Å²) in [6, 6.07) is 13.2. The van der Waals surface area contributed by atoms with Crippen LogP contribution >= 0.6 is 0 Å². The van der Waals surface area contributed by atoms with Gasteiger partial charge < -0.3 is 15.3 Å². The number of likely N-dealkylation sites (tertiary alicyclic amines) is 1. The fraction of sp³-hybridized carbons (Fsp3) is 0.333. The van der Waals surface area contributed by atoms with E-state index in [1.807, 2.05) is 24.0 Å². The van der Waals surface area contributed by atoms with Gasteiger partial charge in [-0.15, -0.1) is 0 Å². The van der Waals surface area contributed by atoms with Gasteiger partial charge in [-0.1, -0.05) is 30.3 Å². The normalized spacial score (nSPS) is 19.7. The van der Waals surface area contributed by atoms with E-state index >= 15 is 0 Å². The third-order valence-electron chi connectivity index (χ3n) is 5.36. The van der Waals surface area contributed by atoms with Gasteiger partial charge in [-0.25, -0.2) is 0 Å². The molecule has 1 atom stereocenters. The molecule has 0 radical (unpaired) electrons. The lowest BCUT2D eigenvalue weighted by atomic mass is 10.1. The number of phenolic OH excluding ortho intramolecular Hbond substituents is 1. The molecule has 0 aromatic heterocycles. The van der Waals surface area contributed by atoms with E-state index in [0.29, 0.717) is 13.0 Å².